The van der Waals surface area contributed by atoms with Gasteiger partial charge >= 0.3 is 0 Å². The molecule has 76 valence electrons. The molecule has 1 aromatic rings. The third-order valence-electron chi connectivity index (χ3n) is 2.50. The van der Waals surface area contributed by atoms with Crippen molar-refractivity contribution >= 4 is 17.1 Å². The largest absolute Gasteiger partial charge is 0.380 e. The Morgan fingerprint density at radius 2 is 2.57 bits per heavy atom. The molecule has 1 fully saturated rings. The Morgan fingerprint density at radius 1 is 1.71 bits per heavy atom. The molecule has 0 aliphatic carbocycles. The van der Waals surface area contributed by atoms with Crippen LogP contribution < -0.4 is 5.32 Å². The second-order valence-corrected chi connectivity index (χ2v) is 4.34. The monoisotopic (exact) mass is 211 g/mol. The van der Waals surface area contributed by atoms with Crippen molar-refractivity contribution in [1.82, 2.24) is 5.32 Å². The quantitative estimate of drug-likeness (QED) is 0.766. The fourth-order valence-electron chi connectivity index (χ4n) is 1.67. The lowest BCUT2D eigenvalue weighted by Crippen LogP contribution is -2.30. The molecule has 2 unspecified atom stereocenters. The first kappa shape index (κ1) is 9.83. The van der Waals surface area contributed by atoms with Crippen LogP contribution in [0.2, 0.25) is 0 Å². The van der Waals surface area contributed by atoms with Gasteiger partial charge in [-0.05, 0) is 17.9 Å². The minimum atomic E-state index is -0.0569. The van der Waals surface area contributed by atoms with Crippen molar-refractivity contribution in [2.75, 3.05) is 13.7 Å². The molecule has 2 heterocycles. The van der Waals surface area contributed by atoms with Gasteiger partial charge in [0.25, 0.3) is 0 Å². The number of carbonyl (C=O) groups excluding carboxylic acids is 1. The molecule has 0 bridgehead atoms. The van der Waals surface area contributed by atoms with E-state index < -0.39 is 0 Å². The SMILES string of the molecule is COC1CNC(C(=O)c2cccs2)C1. The van der Waals surface area contributed by atoms with Gasteiger partial charge in [-0.1, -0.05) is 6.07 Å². The Bertz CT molecular complexity index is 310. The van der Waals surface area contributed by atoms with Gasteiger partial charge in [-0.15, -0.1) is 11.3 Å². The van der Waals surface area contributed by atoms with Gasteiger partial charge < -0.3 is 10.1 Å². The summed E-state index contributed by atoms with van der Waals surface area (Å²) in [5, 5.41) is 5.10. The van der Waals surface area contributed by atoms with Crippen molar-refractivity contribution in [2.24, 2.45) is 0 Å². The topological polar surface area (TPSA) is 38.3 Å². The van der Waals surface area contributed by atoms with Gasteiger partial charge in [0, 0.05) is 13.7 Å². The molecule has 0 aromatic carbocycles. The van der Waals surface area contributed by atoms with E-state index in [1.54, 1.807) is 7.11 Å². The van der Waals surface area contributed by atoms with E-state index >= 15 is 0 Å². The van der Waals surface area contributed by atoms with Gasteiger partial charge in [-0.2, -0.15) is 0 Å². The molecule has 1 aliphatic rings. The van der Waals surface area contributed by atoms with E-state index in [0.29, 0.717) is 0 Å². The molecule has 1 N–H and O–H groups in total. The molecule has 0 saturated carbocycles. The van der Waals surface area contributed by atoms with Gasteiger partial charge in [0.05, 0.1) is 17.0 Å². The number of nitrogens with one attached hydrogen (secondary N) is 1. The first-order chi connectivity index (χ1) is 6.81. The number of ketones is 1. The van der Waals surface area contributed by atoms with Crippen LogP contribution in [0.3, 0.4) is 0 Å². The third-order valence-corrected chi connectivity index (χ3v) is 3.39. The maximum atomic E-state index is 11.9. The van der Waals surface area contributed by atoms with Crippen LogP contribution in [0.5, 0.6) is 0 Å². The van der Waals surface area contributed by atoms with Crippen LogP contribution >= 0.6 is 11.3 Å². The van der Waals surface area contributed by atoms with Crippen molar-refractivity contribution in [3.8, 4) is 0 Å². The zero-order valence-corrected chi connectivity index (χ0v) is 8.84. The summed E-state index contributed by atoms with van der Waals surface area (Å²) < 4.78 is 5.20. The molecule has 1 aliphatic heterocycles. The summed E-state index contributed by atoms with van der Waals surface area (Å²) in [5.41, 5.74) is 0. The molecular weight excluding hydrogens is 198 g/mol. The Kier molecular flexibility index (Phi) is 2.96. The number of thiophene rings is 1. The van der Waals surface area contributed by atoms with E-state index in [4.69, 9.17) is 4.74 Å². The van der Waals surface area contributed by atoms with Crippen molar-refractivity contribution < 1.29 is 9.53 Å². The lowest BCUT2D eigenvalue weighted by atomic mass is 10.1. The van der Waals surface area contributed by atoms with Crippen molar-refractivity contribution in [2.45, 2.75) is 18.6 Å². The van der Waals surface area contributed by atoms with Crippen LogP contribution in [0.15, 0.2) is 17.5 Å². The molecule has 1 aromatic heterocycles. The average Bonchev–Trinajstić information content (AvgIpc) is 2.88. The summed E-state index contributed by atoms with van der Waals surface area (Å²) in [5.74, 6) is 0.194. The number of Topliss-reactive ketones (excluding diaryl/α,β-unsaturated/α-hetero) is 1. The summed E-state index contributed by atoms with van der Waals surface area (Å²) in [6.07, 6.45) is 0.969. The van der Waals surface area contributed by atoms with Gasteiger partial charge in [-0.3, -0.25) is 4.79 Å². The minimum absolute atomic E-state index is 0.0569. The third kappa shape index (κ3) is 1.87. The standard InChI is InChI=1S/C10H13NO2S/c1-13-7-5-8(11-6-7)10(12)9-3-2-4-14-9/h2-4,7-8,11H,5-6H2,1H3. The Hall–Kier alpha value is -0.710. The predicted octanol–water partition coefficient (Wildman–Crippen LogP) is 1.31. The van der Waals surface area contributed by atoms with Crippen molar-refractivity contribution in [3.05, 3.63) is 22.4 Å². The molecule has 2 atom stereocenters. The number of ether oxygens (including phenoxy) is 1. The van der Waals surface area contributed by atoms with Gasteiger partial charge in [-0.25, -0.2) is 0 Å². The lowest BCUT2D eigenvalue weighted by Gasteiger charge is -2.07. The van der Waals surface area contributed by atoms with Gasteiger partial charge in [0.2, 0.25) is 0 Å². The highest BCUT2D eigenvalue weighted by atomic mass is 32.1. The highest BCUT2D eigenvalue weighted by Gasteiger charge is 2.30. The van der Waals surface area contributed by atoms with Crippen LogP contribution in [-0.4, -0.2) is 31.6 Å². The van der Waals surface area contributed by atoms with E-state index in [1.807, 2.05) is 17.5 Å². The van der Waals surface area contributed by atoms with Gasteiger partial charge in [0.15, 0.2) is 5.78 Å². The molecule has 0 spiro atoms. The summed E-state index contributed by atoms with van der Waals surface area (Å²) in [6, 6.07) is 3.72. The van der Waals surface area contributed by atoms with E-state index in [2.05, 4.69) is 5.32 Å². The predicted molar refractivity (Wildman–Crippen MR) is 55.9 cm³/mol. The fraction of sp³-hybridized carbons (Fsp3) is 0.500. The molecular formula is C10H13NO2S. The normalized spacial score (nSPS) is 26.6. The number of methoxy groups -OCH3 is 1. The molecule has 14 heavy (non-hydrogen) atoms. The summed E-state index contributed by atoms with van der Waals surface area (Å²) in [7, 11) is 1.68. The summed E-state index contributed by atoms with van der Waals surface area (Å²) >= 11 is 1.50. The first-order valence-electron chi connectivity index (χ1n) is 4.65. The maximum Gasteiger partial charge on any atom is 0.189 e. The van der Waals surface area contributed by atoms with E-state index in [9.17, 15) is 4.79 Å². The second kappa shape index (κ2) is 4.21. The van der Waals surface area contributed by atoms with E-state index in [1.165, 1.54) is 11.3 Å². The number of carbonyl (C=O) groups is 1. The van der Waals surface area contributed by atoms with Crippen LogP contribution in [0.4, 0.5) is 0 Å². The second-order valence-electron chi connectivity index (χ2n) is 3.40. The highest BCUT2D eigenvalue weighted by molar-refractivity contribution is 7.12. The molecule has 0 radical (unpaired) electrons. The Balaban J connectivity index is 2.00. The molecule has 3 nitrogen and oxygen atoms in total. The van der Waals surface area contributed by atoms with Crippen LogP contribution in [0.1, 0.15) is 16.1 Å². The number of rotatable bonds is 3. The molecule has 2 rings (SSSR count). The van der Waals surface area contributed by atoms with E-state index in [-0.39, 0.29) is 17.9 Å². The Labute approximate surface area is 87.1 Å². The lowest BCUT2D eigenvalue weighted by molar-refractivity contribution is 0.0922. The van der Waals surface area contributed by atoms with Crippen molar-refractivity contribution in [1.29, 1.82) is 0 Å². The van der Waals surface area contributed by atoms with Gasteiger partial charge in [0.1, 0.15) is 0 Å². The number of hydrogen-bond donors (Lipinski definition) is 1. The number of hydrogen-bond acceptors (Lipinski definition) is 4. The average molecular weight is 211 g/mol. The minimum Gasteiger partial charge on any atom is -0.380 e. The van der Waals surface area contributed by atoms with Crippen LogP contribution in [0, 0.1) is 0 Å². The smallest absolute Gasteiger partial charge is 0.189 e. The molecule has 1 saturated heterocycles. The zero-order valence-electron chi connectivity index (χ0n) is 8.03. The zero-order chi connectivity index (χ0) is 9.97. The first-order valence-corrected chi connectivity index (χ1v) is 5.53. The fourth-order valence-corrected chi connectivity index (χ4v) is 2.39. The molecule has 0 amide bonds. The maximum absolute atomic E-state index is 11.9. The summed E-state index contributed by atoms with van der Waals surface area (Å²) in [6.45, 7) is 0.776. The van der Waals surface area contributed by atoms with Crippen LogP contribution in [0.25, 0.3) is 0 Å². The van der Waals surface area contributed by atoms with E-state index in [0.717, 1.165) is 17.8 Å². The summed E-state index contributed by atoms with van der Waals surface area (Å²) in [4.78, 5) is 12.7. The highest BCUT2D eigenvalue weighted by Crippen LogP contribution is 2.17. The Morgan fingerprint density at radius 3 is 3.14 bits per heavy atom. The van der Waals surface area contributed by atoms with Crippen LogP contribution in [-0.2, 0) is 4.74 Å². The van der Waals surface area contributed by atoms with Crippen molar-refractivity contribution in [3.63, 3.8) is 0 Å². The molecule has 4 heteroatoms.